The van der Waals surface area contributed by atoms with Crippen LogP contribution in [0.15, 0.2) is 24.3 Å². The molecule has 0 aromatic heterocycles. The third kappa shape index (κ3) is 4.95. The highest BCUT2D eigenvalue weighted by Gasteiger charge is 2.43. The van der Waals surface area contributed by atoms with Crippen molar-refractivity contribution >= 4 is 11.8 Å². The van der Waals surface area contributed by atoms with Crippen LogP contribution in [0.1, 0.15) is 24.8 Å². The summed E-state index contributed by atoms with van der Waals surface area (Å²) in [4.78, 5) is 30.4. The van der Waals surface area contributed by atoms with Gasteiger partial charge in [-0.3, -0.25) is 14.5 Å². The minimum absolute atomic E-state index is 0.0526. The van der Waals surface area contributed by atoms with E-state index in [0.717, 1.165) is 64.3 Å². The molecule has 30 heavy (non-hydrogen) atoms. The Labute approximate surface area is 178 Å². The van der Waals surface area contributed by atoms with E-state index in [-0.39, 0.29) is 29.9 Å². The van der Waals surface area contributed by atoms with Crippen LogP contribution in [0.3, 0.4) is 0 Å². The van der Waals surface area contributed by atoms with Gasteiger partial charge in [0.2, 0.25) is 5.91 Å². The summed E-state index contributed by atoms with van der Waals surface area (Å²) in [7, 11) is 1.86. The smallest absolute Gasteiger partial charge is 0.260 e. The largest absolute Gasteiger partial charge is 0.484 e. The van der Waals surface area contributed by atoms with Crippen molar-refractivity contribution < 1.29 is 19.1 Å². The first-order valence-corrected chi connectivity index (χ1v) is 11.0. The van der Waals surface area contributed by atoms with Crippen LogP contribution in [0.4, 0.5) is 0 Å². The van der Waals surface area contributed by atoms with Crippen molar-refractivity contribution in [2.75, 3.05) is 59.5 Å². The molecule has 3 aliphatic heterocycles. The molecule has 1 aromatic carbocycles. The van der Waals surface area contributed by atoms with Gasteiger partial charge in [0.1, 0.15) is 5.75 Å². The number of rotatable bonds is 5. The molecule has 1 aromatic rings. The first kappa shape index (κ1) is 21.1. The Balaban J connectivity index is 1.20. The third-order valence-electron chi connectivity index (χ3n) is 6.84. The number of aryl methyl sites for hydroxylation is 1. The van der Waals surface area contributed by atoms with Crippen molar-refractivity contribution in [1.82, 2.24) is 14.7 Å². The Morgan fingerprint density at radius 1 is 1.17 bits per heavy atom. The van der Waals surface area contributed by atoms with Gasteiger partial charge in [0.05, 0.1) is 19.3 Å². The van der Waals surface area contributed by atoms with Gasteiger partial charge in [-0.2, -0.15) is 0 Å². The summed E-state index contributed by atoms with van der Waals surface area (Å²) in [6.07, 6.45) is 3.16. The minimum Gasteiger partial charge on any atom is -0.484 e. The number of hydrogen-bond acceptors (Lipinski definition) is 5. The lowest BCUT2D eigenvalue weighted by Gasteiger charge is -2.38. The number of piperidine rings is 1. The monoisotopic (exact) mass is 415 g/mol. The van der Waals surface area contributed by atoms with E-state index in [1.54, 1.807) is 4.90 Å². The molecule has 0 radical (unpaired) electrons. The first-order chi connectivity index (χ1) is 14.4. The van der Waals surface area contributed by atoms with Crippen molar-refractivity contribution in [2.45, 2.75) is 32.3 Å². The second kappa shape index (κ2) is 8.94. The Bertz CT molecular complexity index is 758. The van der Waals surface area contributed by atoms with Gasteiger partial charge in [-0.1, -0.05) is 17.7 Å². The number of carbonyl (C=O) groups is 2. The molecular formula is C23H33N3O4. The van der Waals surface area contributed by atoms with Gasteiger partial charge in [-0.05, 0) is 43.7 Å². The zero-order valence-corrected chi connectivity index (χ0v) is 18.1. The van der Waals surface area contributed by atoms with Gasteiger partial charge in [0, 0.05) is 39.8 Å². The van der Waals surface area contributed by atoms with E-state index in [1.165, 1.54) is 5.56 Å². The molecule has 3 aliphatic rings. The van der Waals surface area contributed by atoms with Crippen LogP contribution >= 0.6 is 0 Å². The van der Waals surface area contributed by atoms with Crippen LogP contribution in [-0.2, 0) is 14.3 Å². The van der Waals surface area contributed by atoms with E-state index in [2.05, 4.69) is 4.90 Å². The molecule has 3 saturated heterocycles. The van der Waals surface area contributed by atoms with Crippen LogP contribution in [0.5, 0.6) is 5.75 Å². The maximum Gasteiger partial charge on any atom is 0.260 e. The van der Waals surface area contributed by atoms with Gasteiger partial charge in [0.25, 0.3) is 5.91 Å². The van der Waals surface area contributed by atoms with E-state index in [4.69, 9.17) is 9.47 Å². The van der Waals surface area contributed by atoms with Crippen LogP contribution < -0.4 is 4.74 Å². The number of likely N-dealkylation sites (tertiary alicyclic amines) is 1. The molecule has 1 atom stereocenters. The maximum atomic E-state index is 12.6. The Morgan fingerprint density at radius 2 is 1.90 bits per heavy atom. The van der Waals surface area contributed by atoms with Gasteiger partial charge >= 0.3 is 0 Å². The number of amides is 2. The molecule has 0 aliphatic carbocycles. The number of nitrogens with zero attached hydrogens (tertiary/aromatic N) is 3. The van der Waals surface area contributed by atoms with E-state index >= 15 is 0 Å². The van der Waals surface area contributed by atoms with Gasteiger partial charge < -0.3 is 19.3 Å². The van der Waals surface area contributed by atoms with Gasteiger partial charge in [-0.25, -0.2) is 0 Å². The standard InChI is InChI=1S/C23H33N3O4/c1-18-3-5-19(6-4-18)29-16-22(28)26-9-7-23(8-10-26)13-20(30-17-23)14-25-12-11-24(2)21(27)15-25/h3-6,20H,7-17H2,1-2H3. The summed E-state index contributed by atoms with van der Waals surface area (Å²) < 4.78 is 11.8. The van der Waals surface area contributed by atoms with Crippen LogP contribution in [0, 0.1) is 12.3 Å². The lowest BCUT2D eigenvalue weighted by atomic mass is 9.76. The van der Waals surface area contributed by atoms with Gasteiger partial charge in [0.15, 0.2) is 6.61 Å². The fraction of sp³-hybridized carbons (Fsp3) is 0.652. The molecule has 3 heterocycles. The lowest BCUT2D eigenvalue weighted by molar-refractivity contribution is -0.136. The lowest BCUT2D eigenvalue weighted by Crippen LogP contribution is -2.50. The minimum atomic E-state index is 0.0526. The second-order valence-electron chi connectivity index (χ2n) is 9.17. The molecule has 3 fully saturated rings. The molecule has 7 heteroatoms. The molecule has 4 rings (SSSR count). The highest BCUT2D eigenvalue weighted by Crippen LogP contribution is 2.42. The Morgan fingerprint density at radius 3 is 2.60 bits per heavy atom. The second-order valence-corrected chi connectivity index (χ2v) is 9.17. The van der Waals surface area contributed by atoms with Crippen molar-refractivity contribution in [3.05, 3.63) is 29.8 Å². The summed E-state index contributed by atoms with van der Waals surface area (Å²) in [6, 6.07) is 7.77. The summed E-state index contributed by atoms with van der Waals surface area (Å²) in [5.74, 6) is 0.974. The predicted octanol–water partition coefficient (Wildman–Crippen LogP) is 1.55. The number of carbonyl (C=O) groups excluding carboxylic acids is 2. The molecule has 164 valence electrons. The summed E-state index contributed by atoms with van der Waals surface area (Å²) >= 11 is 0. The maximum absolute atomic E-state index is 12.6. The van der Waals surface area contributed by atoms with Crippen LogP contribution in [-0.4, -0.2) is 92.1 Å². The molecule has 1 spiro atoms. The molecular weight excluding hydrogens is 382 g/mol. The zero-order chi connectivity index (χ0) is 21.1. The average Bonchev–Trinajstić information content (AvgIpc) is 3.12. The van der Waals surface area contributed by atoms with Crippen molar-refractivity contribution in [1.29, 1.82) is 0 Å². The first-order valence-electron chi connectivity index (χ1n) is 11.0. The van der Waals surface area contributed by atoms with Gasteiger partial charge in [-0.15, -0.1) is 0 Å². The SMILES string of the molecule is Cc1ccc(OCC(=O)N2CCC3(CC2)COC(CN2CCN(C)C(=O)C2)C3)cc1. The number of hydrogen-bond donors (Lipinski definition) is 0. The predicted molar refractivity (Wildman–Crippen MR) is 113 cm³/mol. The highest BCUT2D eigenvalue weighted by atomic mass is 16.5. The number of piperazine rings is 1. The normalized spacial score (nSPS) is 24.5. The van der Waals surface area contributed by atoms with E-state index < -0.39 is 0 Å². The van der Waals surface area contributed by atoms with E-state index in [0.29, 0.717) is 6.54 Å². The fourth-order valence-electron chi connectivity index (χ4n) is 4.71. The molecule has 2 amide bonds. The van der Waals surface area contributed by atoms with E-state index in [9.17, 15) is 9.59 Å². The van der Waals surface area contributed by atoms with Crippen LogP contribution in [0.2, 0.25) is 0 Å². The van der Waals surface area contributed by atoms with E-state index in [1.807, 2.05) is 43.1 Å². The quantitative estimate of drug-likeness (QED) is 0.730. The molecule has 7 nitrogen and oxygen atoms in total. The third-order valence-corrected chi connectivity index (χ3v) is 6.84. The van der Waals surface area contributed by atoms with Crippen molar-refractivity contribution in [3.8, 4) is 5.75 Å². The number of likely N-dealkylation sites (N-methyl/N-ethyl adjacent to an activating group) is 1. The molecule has 1 unspecified atom stereocenters. The highest BCUT2D eigenvalue weighted by molar-refractivity contribution is 5.78. The average molecular weight is 416 g/mol. The molecule has 0 N–H and O–H groups in total. The molecule has 0 saturated carbocycles. The number of ether oxygens (including phenoxy) is 2. The topological polar surface area (TPSA) is 62.3 Å². The van der Waals surface area contributed by atoms with Crippen molar-refractivity contribution in [2.24, 2.45) is 5.41 Å². The number of benzene rings is 1. The van der Waals surface area contributed by atoms with Crippen molar-refractivity contribution in [3.63, 3.8) is 0 Å². The molecule has 0 bridgehead atoms. The summed E-state index contributed by atoms with van der Waals surface area (Å²) in [5.41, 5.74) is 1.35. The summed E-state index contributed by atoms with van der Waals surface area (Å²) in [6.45, 7) is 7.43. The summed E-state index contributed by atoms with van der Waals surface area (Å²) in [5, 5.41) is 0. The van der Waals surface area contributed by atoms with Crippen LogP contribution in [0.25, 0.3) is 0 Å². The zero-order valence-electron chi connectivity index (χ0n) is 18.1. The Kier molecular flexibility index (Phi) is 6.29. The fourth-order valence-corrected chi connectivity index (χ4v) is 4.71. The Hall–Kier alpha value is -2.12.